The van der Waals surface area contributed by atoms with Crippen LogP contribution in [0.15, 0.2) is 54.1 Å². The zero-order chi connectivity index (χ0) is 17.3. The minimum atomic E-state index is -2.98. The Morgan fingerprint density at radius 1 is 1.36 bits per heavy atom. The Labute approximate surface area is 127 Å². The largest absolute Gasteiger partial charge is 0.505 e. The molecule has 2 nitrogen and oxygen atoms in total. The normalized spacial score (nSPS) is 11.8. The number of allylic oxidation sites excluding steroid dienone is 4. The Kier molecular flexibility index (Phi) is 8.67. The molecular weight excluding hydrogens is 300 g/mol. The van der Waals surface area contributed by atoms with Gasteiger partial charge in [-0.15, -0.1) is 0 Å². The Bertz CT molecular complexity index is 563. The number of alkyl halides is 2. The summed E-state index contributed by atoms with van der Waals surface area (Å²) in [5, 5.41) is 8.75. The molecule has 0 aliphatic carbocycles. The van der Waals surface area contributed by atoms with E-state index in [0.29, 0.717) is 11.1 Å². The van der Waals surface area contributed by atoms with E-state index in [9.17, 15) is 17.6 Å². The first kappa shape index (κ1) is 19.8. The third kappa shape index (κ3) is 8.14. The molecule has 0 saturated heterocycles. The van der Waals surface area contributed by atoms with Crippen LogP contribution in [0.1, 0.15) is 19.4 Å². The fraction of sp³-hybridized carbons (Fsp3) is 0.250. The quantitative estimate of drug-likeness (QED) is 0.444. The molecule has 0 aromatic heterocycles. The van der Waals surface area contributed by atoms with Gasteiger partial charge < -0.3 is 9.84 Å². The zero-order valence-corrected chi connectivity index (χ0v) is 12.5. The molecule has 0 spiro atoms. The minimum Gasteiger partial charge on any atom is -0.505 e. The fourth-order valence-corrected chi connectivity index (χ4v) is 1.23. The van der Waals surface area contributed by atoms with Gasteiger partial charge in [0.2, 0.25) is 0 Å². The molecule has 0 unspecified atom stereocenters. The summed E-state index contributed by atoms with van der Waals surface area (Å²) in [5.41, 5.74) is 1.24. The molecule has 0 aliphatic rings. The maximum Gasteiger partial charge on any atom is 0.387 e. The van der Waals surface area contributed by atoms with Crippen LogP contribution < -0.4 is 4.74 Å². The molecule has 0 heterocycles. The van der Waals surface area contributed by atoms with E-state index in [4.69, 9.17) is 5.11 Å². The van der Waals surface area contributed by atoms with Crippen LogP contribution in [-0.4, -0.2) is 11.7 Å². The second-order valence-electron chi connectivity index (χ2n) is 4.32. The smallest absolute Gasteiger partial charge is 0.387 e. The van der Waals surface area contributed by atoms with Gasteiger partial charge in [0.25, 0.3) is 0 Å². The van der Waals surface area contributed by atoms with Crippen molar-refractivity contribution in [3.63, 3.8) is 0 Å². The average Bonchev–Trinajstić information content (AvgIpc) is 2.40. The summed E-state index contributed by atoms with van der Waals surface area (Å²) in [6.07, 6.45) is 2.46. The fourth-order valence-electron chi connectivity index (χ4n) is 1.23. The number of hydrogen-bond donors (Lipinski definition) is 1. The first-order valence-electron chi connectivity index (χ1n) is 6.26. The van der Waals surface area contributed by atoms with Crippen molar-refractivity contribution in [2.24, 2.45) is 0 Å². The van der Waals surface area contributed by atoms with E-state index in [1.807, 2.05) is 0 Å². The summed E-state index contributed by atoms with van der Waals surface area (Å²) < 4.78 is 52.4. The van der Waals surface area contributed by atoms with Crippen LogP contribution >= 0.6 is 0 Å². The number of benzene rings is 1. The van der Waals surface area contributed by atoms with Crippen LogP contribution in [0.25, 0.3) is 0 Å². The van der Waals surface area contributed by atoms with Crippen LogP contribution in [0.4, 0.5) is 17.6 Å². The minimum absolute atomic E-state index is 0.344. The van der Waals surface area contributed by atoms with Gasteiger partial charge in [-0.05, 0) is 50.6 Å². The van der Waals surface area contributed by atoms with E-state index in [2.05, 4.69) is 11.3 Å². The van der Waals surface area contributed by atoms with Gasteiger partial charge in [0.05, 0.1) is 0 Å². The molecule has 1 aromatic carbocycles. The number of halogens is 4. The van der Waals surface area contributed by atoms with E-state index in [1.54, 1.807) is 20.8 Å². The number of hydrogen-bond acceptors (Lipinski definition) is 2. The zero-order valence-electron chi connectivity index (χ0n) is 12.5. The highest BCUT2D eigenvalue weighted by Crippen LogP contribution is 2.19. The second kappa shape index (κ2) is 9.65. The molecule has 0 radical (unpaired) electrons. The average molecular weight is 318 g/mol. The highest BCUT2D eigenvalue weighted by Gasteiger charge is 2.08. The van der Waals surface area contributed by atoms with Crippen LogP contribution in [-0.2, 0) is 0 Å². The summed E-state index contributed by atoms with van der Waals surface area (Å²) in [4.78, 5) is 0. The molecule has 122 valence electrons. The predicted molar refractivity (Wildman–Crippen MR) is 78.2 cm³/mol. The summed E-state index contributed by atoms with van der Waals surface area (Å²) >= 11 is 0. The van der Waals surface area contributed by atoms with Crippen molar-refractivity contribution >= 4 is 0 Å². The maximum atomic E-state index is 12.8. The van der Waals surface area contributed by atoms with Crippen molar-refractivity contribution in [1.29, 1.82) is 0 Å². The standard InChI is InChI=1S/C8H7F3O.C8H11FO/c1-5-2-3-7(6(9)4-5)12-8(10)11;1-4-8(10)7(9)5-6(2)3/h2-4,8H,1H3;4-5,10H,2H2,1,3H3/b;7-5+,8-4+. The molecule has 1 aromatic rings. The lowest BCUT2D eigenvalue weighted by molar-refractivity contribution is -0.0522. The van der Waals surface area contributed by atoms with Crippen molar-refractivity contribution in [2.75, 3.05) is 0 Å². The van der Waals surface area contributed by atoms with Crippen molar-refractivity contribution in [2.45, 2.75) is 27.4 Å². The summed E-state index contributed by atoms with van der Waals surface area (Å²) in [5.74, 6) is -2.18. The van der Waals surface area contributed by atoms with Crippen molar-refractivity contribution < 1.29 is 27.4 Å². The van der Waals surface area contributed by atoms with Crippen molar-refractivity contribution in [3.05, 3.63) is 65.5 Å². The molecule has 0 atom stereocenters. The molecule has 0 aliphatic heterocycles. The molecule has 0 bridgehead atoms. The van der Waals surface area contributed by atoms with Gasteiger partial charge in [-0.25, -0.2) is 8.78 Å². The molecule has 1 N–H and O–H groups in total. The third-order valence-electron chi connectivity index (χ3n) is 2.19. The van der Waals surface area contributed by atoms with Crippen LogP contribution in [0.2, 0.25) is 0 Å². The highest BCUT2D eigenvalue weighted by atomic mass is 19.3. The lowest BCUT2D eigenvalue weighted by atomic mass is 10.2. The van der Waals surface area contributed by atoms with Gasteiger partial charge in [-0.1, -0.05) is 18.2 Å². The molecule has 0 amide bonds. The Morgan fingerprint density at radius 2 is 1.95 bits per heavy atom. The lowest BCUT2D eigenvalue weighted by Crippen LogP contribution is -2.03. The molecule has 6 heteroatoms. The van der Waals surface area contributed by atoms with Crippen LogP contribution in [0.3, 0.4) is 0 Å². The van der Waals surface area contributed by atoms with Gasteiger partial charge in [0.1, 0.15) is 5.76 Å². The maximum absolute atomic E-state index is 12.8. The van der Waals surface area contributed by atoms with Gasteiger partial charge in [0, 0.05) is 0 Å². The SMILES string of the molecule is C=C(C)/C=C(F)\C(O)=C/C.Cc1ccc(OC(F)F)c(F)c1. The predicted octanol–water partition coefficient (Wildman–Crippen LogP) is 5.61. The molecule has 0 saturated carbocycles. The summed E-state index contributed by atoms with van der Waals surface area (Å²) in [7, 11) is 0. The topological polar surface area (TPSA) is 29.5 Å². The molecule has 1 rings (SSSR count). The monoisotopic (exact) mass is 318 g/mol. The lowest BCUT2D eigenvalue weighted by Gasteiger charge is -2.05. The highest BCUT2D eigenvalue weighted by molar-refractivity contribution is 5.28. The molecule has 0 fully saturated rings. The summed E-state index contributed by atoms with van der Waals surface area (Å²) in [6.45, 7) is 5.35. The number of aryl methyl sites for hydroxylation is 1. The van der Waals surface area contributed by atoms with E-state index in [-0.39, 0.29) is 5.76 Å². The van der Waals surface area contributed by atoms with Crippen LogP contribution in [0, 0.1) is 12.7 Å². The Morgan fingerprint density at radius 3 is 2.36 bits per heavy atom. The van der Waals surface area contributed by atoms with E-state index in [1.165, 1.54) is 24.3 Å². The van der Waals surface area contributed by atoms with Gasteiger partial charge in [-0.2, -0.15) is 8.78 Å². The van der Waals surface area contributed by atoms with Crippen LogP contribution in [0.5, 0.6) is 5.75 Å². The summed E-state index contributed by atoms with van der Waals surface area (Å²) in [6, 6.07) is 3.81. The second-order valence-corrected chi connectivity index (χ2v) is 4.32. The van der Waals surface area contributed by atoms with Gasteiger partial charge >= 0.3 is 6.61 Å². The first-order valence-corrected chi connectivity index (χ1v) is 6.26. The number of aliphatic hydroxyl groups is 1. The third-order valence-corrected chi connectivity index (χ3v) is 2.19. The van der Waals surface area contributed by atoms with Crippen molar-refractivity contribution in [3.8, 4) is 5.75 Å². The number of aliphatic hydroxyl groups excluding tert-OH is 1. The van der Waals surface area contributed by atoms with E-state index >= 15 is 0 Å². The van der Waals surface area contributed by atoms with E-state index < -0.39 is 24.0 Å². The van der Waals surface area contributed by atoms with Gasteiger partial charge in [0.15, 0.2) is 17.4 Å². The Hall–Kier alpha value is -2.24. The Balaban J connectivity index is 0.000000409. The molecule has 22 heavy (non-hydrogen) atoms. The van der Waals surface area contributed by atoms with E-state index in [0.717, 1.165) is 6.07 Å². The number of rotatable bonds is 4. The van der Waals surface area contributed by atoms with Crippen molar-refractivity contribution in [1.82, 2.24) is 0 Å². The number of ether oxygens (including phenoxy) is 1. The molecular formula is C16H18F4O2. The first-order chi connectivity index (χ1) is 10.2. The van der Waals surface area contributed by atoms with Gasteiger partial charge in [-0.3, -0.25) is 0 Å².